The number of benzene rings is 22. The molecule has 0 saturated heterocycles. The van der Waals surface area contributed by atoms with Gasteiger partial charge in [-0.25, -0.2) is 19.9 Å². The van der Waals surface area contributed by atoms with Gasteiger partial charge < -0.3 is 18.3 Å². The Bertz CT molecular complexity index is 9600. The van der Waals surface area contributed by atoms with Crippen molar-refractivity contribution >= 4 is 195 Å². The smallest absolute Gasteiger partial charge is 0.160 e. The Balaban J connectivity index is 0.000000132. The Hall–Kier alpha value is -17.2. The van der Waals surface area contributed by atoms with Gasteiger partial charge in [0.2, 0.25) is 0 Å². The van der Waals surface area contributed by atoms with E-state index < -0.39 is 0 Å². The van der Waals surface area contributed by atoms with E-state index in [1.165, 1.54) is 168 Å². The fraction of sp³-hybridized carbons (Fsp3) is 0. The minimum absolute atomic E-state index is 0.701. The Kier molecular flexibility index (Phi) is 15.7. The van der Waals surface area contributed by atoms with E-state index in [4.69, 9.17) is 19.9 Å². The van der Waals surface area contributed by atoms with Gasteiger partial charge in [0.05, 0.1) is 66.6 Å². The summed E-state index contributed by atoms with van der Waals surface area (Å²) >= 11 is 0. The van der Waals surface area contributed by atoms with Crippen LogP contribution in [0.2, 0.25) is 0 Å². The Morgan fingerprint density at radius 2 is 0.500 bits per heavy atom. The first-order valence-corrected chi connectivity index (χ1v) is 43.8. The summed E-state index contributed by atoms with van der Waals surface area (Å²) in [4.78, 5) is 21.0. The lowest BCUT2D eigenvalue weighted by Gasteiger charge is -2.14. The van der Waals surface area contributed by atoms with Crippen molar-refractivity contribution in [3.63, 3.8) is 0 Å². The molecule has 0 radical (unpaired) electrons. The van der Waals surface area contributed by atoms with Crippen molar-refractivity contribution in [2.24, 2.45) is 0 Å². The van der Waals surface area contributed by atoms with Gasteiger partial charge in [0.1, 0.15) is 0 Å². The van der Waals surface area contributed by atoms with Gasteiger partial charge in [0, 0.05) is 98.9 Å². The molecule has 22 aromatic carbocycles. The van der Waals surface area contributed by atoms with Crippen molar-refractivity contribution in [1.82, 2.24) is 38.2 Å². The lowest BCUT2D eigenvalue weighted by atomic mass is 9.94. The molecule has 6 heterocycles. The second-order valence-electron chi connectivity index (χ2n) is 33.9. The normalized spacial score (nSPS) is 12.1. The summed E-state index contributed by atoms with van der Waals surface area (Å²) in [5.41, 5.74) is 21.7. The summed E-state index contributed by atoms with van der Waals surface area (Å²) in [5.74, 6) is 1.41. The third-order valence-corrected chi connectivity index (χ3v) is 26.9. The SMILES string of the molecule is c1ccc2c(c1)ccc1ccc(-c3nc(-c4ccc(-n5c6ccccc6c6cc7cc(-n8c9ccccc9c9c%10ccccc%10ccc98)ccc7cc65)cc4)nc4ccccc34)cc12.c1ccc2cc3c(cc2c1)c1ccc(-n2c4ccccc4c4c5ccccc5ccc42)cc1n3-c1ccc(-c2nc(-c3cc4ccccc4c4ccccc34)c3ccccc3n2)cc1. The Labute approximate surface area is 733 Å². The maximum absolute atomic E-state index is 5.41. The molecule has 28 aromatic rings. The van der Waals surface area contributed by atoms with Crippen LogP contribution in [0, 0.1) is 0 Å². The number of nitrogens with zero attached hydrogens (tertiary/aromatic N) is 8. The molecule has 0 amide bonds. The van der Waals surface area contributed by atoms with Gasteiger partial charge in [-0.2, -0.15) is 0 Å². The number of hydrogen-bond acceptors (Lipinski definition) is 4. The minimum atomic E-state index is 0.701. The van der Waals surface area contributed by atoms with Gasteiger partial charge in [-0.15, -0.1) is 0 Å². The van der Waals surface area contributed by atoms with Gasteiger partial charge in [0.15, 0.2) is 11.6 Å². The van der Waals surface area contributed by atoms with Crippen molar-refractivity contribution in [3.8, 4) is 68.0 Å². The molecule has 0 aliphatic carbocycles. The molecule has 0 spiro atoms. The van der Waals surface area contributed by atoms with Crippen LogP contribution in [0.3, 0.4) is 0 Å². The first kappa shape index (κ1) is 71.4. The third-order valence-electron chi connectivity index (χ3n) is 26.9. The number of rotatable bonds is 8. The predicted molar refractivity (Wildman–Crippen MR) is 538 cm³/mol. The second kappa shape index (κ2) is 28.2. The lowest BCUT2D eigenvalue weighted by molar-refractivity contribution is 1.15. The summed E-state index contributed by atoms with van der Waals surface area (Å²) in [5, 5.41) is 31.7. The third kappa shape index (κ3) is 11.1. The van der Waals surface area contributed by atoms with Crippen molar-refractivity contribution in [1.29, 1.82) is 0 Å². The molecular formula is C120H72N8. The van der Waals surface area contributed by atoms with Gasteiger partial charge in [-0.3, -0.25) is 0 Å². The molecule has 0 atom stereocenters. The van der Waals surface area contributed by atoms with Crippen LogP contribution in [0.4, 0.5) is 0 Å². The van der Waals surface area contributed by atoms with Gasteiger partial charge in [-0.05, 0) is 238 Å². The van der Waals surface area contributed by atoms with Gasteiger partial charge >= 0.3 is 0 Å². The van der Waals surface area contributed by atoms with Crippen LogP contribution >= 0.6 is 0 Å². The van der Waals surface area contributed by atoms with E-state index in [0.717, 1.165) is 83.7 Å². The summed E-state index contributed by atoms with van der Waals surface area (Å²) in [7, 11) is 0. The fourth-order valence-corrected chi connectivity index (χ4v) is 21.0. The molecule has 8 heteroatoms. The van der Waals surface area contributed by atoms with Gasteiger partial charge in [0.25, 0.3) is 0 Å². The first-order valence-electron chi connectivity index (χ1n) is 43.8. The van der Waals surface area contributed by atoms with E-state index in [-0.39, 0.29) is 0 Å². The molecular weight excluding hydrogens is 1550 g/mol. The van der Waals surface area contributed by atoms with Crippen LogP contribution < -0.4 is 0 Å². The Morgan fingerprint density at radius 3 is 1.09 bits per heavy atom. The topological polar surface area (TPSA) is 71.3 Å². The predicted octanol–water partition coefficient (Wildman–Crippen LogP) is 31.5. The maximum Gasteiger partial charge on any atom is 0.160 e. The van der Waals surface area contributed by atoms with E-state index in [1.54, 1.807) is 0 Å². The molecule has 0 saturated carbocycles. The van der Waals surface area contributed by atoms with E-state index in [2.05, 4.69) is 455 Å². The van der Waals surface area contributed by atoms with E-state index in [9.17, 15) is 0 Å². The van der Waals surface area contributed by atoms with Crippen LogP contribution in [0.15, 0.2) is 437 Å². The molecule has 0 aliphatic rings. The van der Waals surface area contributed by atoms with Crippen molar-refractivity contribution in [2.75, 3.05) is 0 Å². The highest BCUT2D eigenvalue weighted by atomic mass is 15.0. The van der Waals surface area contributed by atoms with Crippen molar-refractivity contribution in [3.05, 3.63) is 437 Å². The number of fused-ring (bicyclic) bond motifs is 26. The number of aromatic nitrogens is 8. The zero-order valence-electron chi connectivity index (χ0n) is 69.1. The quantitative estimate of drug-likeness (QED) is 0.142. The van der Waals surface area contributed by atoms with Crippen LogP contribution in [-0.2, 0) is 0 Å². The van der Waals surface area contributed by atoms with E-state index in [0.29, 0.717) is 11.6 Å². The van der Waals surface area contributed by atoms with E-state index in [1.807, 2.05) is 0 Å². The molecule has 8 nitrogen and oxygen atoms in total. The molecule has 0 aliphatic heterocycles. The molecule has 592 valence electrons. The highest BCUT2D eigenvalue weighted by Gasteiger charge is 2.24. The first-order chi connectivity index (χ1) is 63.4. The van der Waals surface area contributed by atoms with Crippen LogP contribution in [-0.4, -0.2) is 38.2 Å². The average molecular weight is 1630 g/mol. The lowest BCUT2D eigenvalue weighted by Crippen LogP contribution is -1.98. The van der Waals surface area contributed by atoms with Crippen LogP contribution in [0.5, 0.6) is 0 Å². The molecule has 0 unspecified atom stereocenters. The zero-order valence-corrected chi connectivity index (χ0v) is 69.1. The summed E-state index contributed by atoms with van der Waals surface area (Å²) in [6.45, 7) is 0. The van der Waals surface area contributed by atoms with Crippen molar-refractivity contribution in [2.45, 2.75) is 0 Å². The maximum atomic E-state index is 5.41. The van der Waals surface area contributed by atoms with Gasteiger partial charge in [-0.1, -0.05) is 285 Å². The molecule has 0 N–H and O–H groups in total. The number of para-hydroxylation sites is 5. The average Bonchev–Trinajstić information content (AvgIpc) is 1.47. The molecule has 6 aromatic heterocycles. The summed E-state index contributed by atoms with van der Waals surface area (Å²) < 4.78 is 9.69. The molecule has 0 bridgehead atoms. The minimum Gasteiger partial charge on any atom is -0.309 e. The monoisotopic (exact) mass is 1620 g/mol. The summed E-state index contributed by atoms with van der Waals surface area (Å²) in [6.07, 6.45) is 0. The van der Waals surface area contributed by atoms with Crippen LogP contribution in [0.25, 0.3) is 263 Å². The number of hydrogen-bond donors (Lipinski definition) is 0. The molecule has 0 fully saturated rings. The highest BCUT2D eigenvalue weighted by Crippen LogP contribution is 2.46. The fourth-order valence-electron chi connectivity index (χ4n) is 21.0. The summed E-state index contributed by atoms with van der Waals surface area (Å²) in [6, 6.07) is 158. The molecule has 128 heavy (non-hydrogen) atoms. The Morgan fingerprint density at radius 1 is 0.148 bits per heavy atom. The second-order valence-corrected chi connectivity index (χ2v) is 33.9. The molecule has 28 rings (SSSR count). The van der Waals surface area contributed by atoms with Crippen LogP contribution in [0.1, 0.15) is 0 Å². The zero-order chi connectivity index (χ0) is 83.8. The largest absolute Gasteiger partial charge is 0.309 e. The highest BCUT2D eigenvalue weighted by molar-refractivity contribution is 6.25. The van der Waals surface area contributed by atoms with Crippen molar-refractivity contribution < 1.29 is 0 Å². The van der Waals surface area contributed by atoms with E-state index >= 15 is 0 Å². The standard InChI is InChI=1S/2C60H36N4/c1-3-13-46-37(11-1)21-22-39-23-24-42(34-51(39)46)59-49-16-5-8-18-53(49)61-60(62-59)40-25-29-44(30-26-40)63-54-19-9-6-15-48(54)52-35-43-33-45(31-27-41(43)36-57(52)63)64-55-20-10-7-17-50(55)58-47-14-4-2-12-38(47)28-32-56(58)64;1-2-15-40-35-56-51(33-39(40)14-1)48-31-30-43(64-54-24-12-10-22-50(54)58-45-18-6-3-13-37(45)27-32-55(58)64)36-57(48)63(56)42-28-25-38(26-29-42)60-61-53-23-11-9-21-49(53)59(62-60)52-34-41-16-4-5-17-44(41)46-19-7-8-20-47(46)52/h2*1-36H.